The molecule has 0 unspecified atom stereocenters. The molecule has 0 fully saturated rings. The quantitative estimate of drug-likeness (QED) is 0.936. The van der Waals surface area contributed by atoms with E-state index < -0.39 is 11.9 Å². The monoisotopic (exact) mass is 286 g/mol. The maximum Gasteiger partial charge on any atom is 0.433 e. The van der Waals surface area contributed by atoms with E-state index in [0.29, 0.717) is 18.2 Å². The molecule has 0 saturated carbocycles. The van der Waals surface area contributed by atoms with Crippen molar-refractivity contribution in [2.75, 3.05) is 11.9 Å². The Hall–Kier alpha value is -2.19. The number of nitrogens with zero attached hydrogens (tertiary/aromatic N) is 5. The fourth-order valence-corrected chi connectivity index (χ4v) is 1.66. The third kappa shape index (κ3) is 2.86. The Balaban J connectivity index is 2.57. The number of alkyl halides is 3. The van der Waals surface area contributed by atoms with Gasteiger partial charge >= 0.3 is 6.18 Å². The molecule has 108 valence electrons. The molecule has 0 saturated heterocycles. The third-order valence-electron chi connectivity index (χ3n) is 2.43. The van der Waals surface area contributed by atoms with Crippen LogP contribution in [0.3, 0.4) is 0 Å². The molecule has 0 amide bonds. The Morgan fingerprint density at radius 1 is 1.20 bits per heavy atom. The maximum absolute atomic E-state index is 12.8. The van der Waals surface area contributed by atoms with Crippen molar-refractivity contribution in [3.63, 3.8) is 0 Å². The van der Waals surface area contributed by atoms with Crippen molar-refractivity contribution in [3.8, 4) is 5.82 Å². The van der Waals surface area contributed by atoms with Crippen LogP contribution in [0.2, 0.25) is 0 Å². The van der Waals surface area contributed by atoms with Gasteiger partial charge in [-0.1, -0.05) is 0 Å². The zero-order chi connectivity index (χ0) is 14.9. The van der Waals surface area contributed by atoms with E-state index in [1.54, 1.807) is 20.8 Å². The highest BCUT2D eigenvalue weighted by atomic mass is 19.4. The molecular formula is C11H13F3N6. The van der Waals surface area contributed by atoms with Crippen LogP contribution in [0, 0.1) is 13.8 Å². The largest absolute Gasteiger partial charge is 0.433 e. The van der Waals surface area contributed by atoms with E-state index in [1.807, 2.05) is 0 Å². The summed E-state index contributed by atoms with van der Waals surface area (Å²) in [6, 6.07) is 0.849. The van der Waals surface area contributed by atoms with Gasteiger partial charge in [-0.25, -0.2) is 9.97 Å². The Bertz CT molecular complexity index is 619. The average molecular weight is 286 g/mol. The number of hydrogen-bond donors (Lipinski definition) is 1. The van der Waals surface area contributed by atoms with Gasteiger partial charge in [-0.15, -0.1) is 5.10 Å². The lowest BCUT2D eigenvalue weighted by Gasteiger charge is -2.11. The summed E-state index contributed by atoms with van der Waals surface area (Å²) >= 11 is 0. The molecular weight excluding hydrogens is 273 g/mol. The van der Waals surface area contributed by atoms with Gasteiger partial charge < -0.3 is 5.32 Å². The second-order valence-electron chi connectivity index (χ2n) is 4.08. The van der Waals surface area contributed by atoms with Crippen LogP contribution in [0.4, 0.5) is 19.1 Å². The van der Waals surface area contributed by atoms with Gasteiger partial charge in [0.25, 0.3) is 0 Å². The number of rotatable bonds is 3. The number of anilines is 1. The first kappa shape index (κ1) is 14.2. The summed E-state index contributed by atoms with van der Waals surface area (Å²) in [5.41, 5.74) is -1.02. The van der Waals surface area contributed by atoms with Gasteiger partial charge in [-0.2, -0.15) is 22.8 Å². The van der Waals surface area contributed by atoms with Crippen LogP contribution in [0.25, 0.3) is 5.82 Å². The summed E-state index contributed by atoms with van der Waals surface area (Å²) in [5.74, 6) is 0.850. The van der Waals surface area contributed by atoms with Gasteiger partial charge in [0.15, 0.2) is 11.5 Å². The summed E-state index contributed by atoms with van der Waals surface area (Å²) in [6.07, 6.45) is -4.55. The van der Waals surface area contributed by atoms with E-state index in [9.17, 15) is 13.2 Å². The molecule has 2 aromatic rings. The van der Waals surface area contributed by atoms with Gasteiger partial charge in [-0.05, 0) is 20.8 Å². The molecule has 6 nitrogen and oxygen atoms in total. The minimum Gasteiger partial charge on any atom is -0.354 e. The highest BCUT2D eigenvalue weighted by Crippen LogP contribution is 2.29. The standard InChI is InChI=1S/C11H13F3N6/c1-4-15-10-17-8(11(12,13)14)5-9(18-10)20-7(3)16-6(2)19-20/h5H,4H2,1-3H3,(H,15,17,18). The minimum absolute atomic E-state index is 0.0291. The average Bonchev–Trinajstić information content (AvgIpc) is 2.67. The molecule has 1 N–H and O–H groups in total. The van der Waals surface area contributed by atoms with E-state index in [2.05, 4.69) is 25.4 Å². The topological polar surface area (TPSA) is 68.5 Å². The zero-order valence-corrected chi connectivity index (χ0v) is 11.2. The second-order valence-corrected chi connectivity index (χ2v) is 4.08. The number of hydrogen-bond acceptors (Lipinski definition) is 5. The molecule has 2 rings (SSSR count). The molecule has 0 aliphatic carbocycles. The Labute approximate surface area is 113 Å². The molecule has 2 heterocycles. The van der Waals surface area contributed by atoms with Crippen molar-refractivity contribution < 1.29 is 13.2 Å². The molecule has 0 atom stereocenters. The van der Waals surface area contributed by atoms with Crippen molar-refractivity contribution >= 4 is 5.95 Å². The van der Waals surface area contributed by atoms with Crippen LogP contribution >= 0.6 is 0 Å². The molecule has 0 aromatic carbocycles. The van der Waals surface area contributed by atoms with Crippen molar-refractivity contribution in [1.82, 2.24) is 24.7 Å². The van der Waals surface area contributed by atoms with Crippen LogP contribution in [-0.2, 0) is 6.18 Å². The highest BCUT2D eigenvalue weighted by Gasteiger charge is 2.34. The lowest BCUT2D eigenvalue weighted by atomic mass is 10.3. The van der Waals surface area contributed by atoms with Crippen molar-refractivity contribution in [3.05, 3.63) is 23.4 Å². The maximum atomic E-state index is 12.8. The van der Waals surface area contributed by atoms with Crippen molar-refractivity contribution in [2.45, 2.75) is 26.9 Å². The molecule has 0 radical (unpaired) electrons. The third-order valence-corrected chi connectivity index (χ3v) is 2.43. The normalized spacial score (nSPS) is 11.7. The van der Waals surface area contributed by atoms with Crippen LogP contribution in [-0.4, -0.2) is 31.3 Å². The number of aryl methyl sites for hydroxylation is 2. The Morgan fingerprint density at radius 2 is 1.90 bits per heavy atom. The summed E-state index contributed by atoms with van der Waals surface area (Å²) in [6.45, 7) is 5.45. The lowest BCUT2D eigenvalue weighted by molar-refractivity contribution is -0.141. The predicted molar refractivity (Wildman–Crippen MR) is 65.6 cm³/mol. The fourth-order valence-electron chi connectivity index (χ4n) is 1.66. The smallest absolute Gasteiger partial charge is 0.354 e. The number of aromatic nitrogens is 5. The van der Waals surface area contributed by atoms with E-state index in [4.69, 9.17) is 0 Å². The first-order chi connectivity index (χ1) is 9.31. The second kappa shape index (κ2) is 5.06. The molecule has 0 bridgehead atoms. The molecule has 0 aliphatic heterocycles. The van der Waals surface area contributed by atoms with E-state index in [-0.39, 0.29) is 11.8 Å². The molecule has 0 aliphatic rings. The Kier molecular flexibility index (Phi) is 3.60. The van der Waals surface area contributed by atoms with Crippen LogP contribution in [0.15, 0.2) is 6.07 Å². The van der Waals surface area contributed by atoms with Gasteiger partial charge in [0.2, 0.25) is 5.95 Å². The van der Waals surface area contributed by atoms with E-state index >= 15 is 0 Å². The first-order valence-electron chi connectivity index (χ1n) is 5.92. The molecule has 20 heavy (non-hydrogen) atoms. The van der Waals surface area contributed by atoms with Crippen molar-refractivity contribution in [2.24, 2.45) is 0 Å². The molecule has 9 heteroatoms. The van der Waals surface area contributed by atoms with E-state index in [0.717, 1.165) is 6.07 Å². The van der Waals surface area contributed by atoms with Gasteiger partial charge in [0.1, 0.15) is 11.6 Å². The van der Waals surface area contributed by atoms with E-state index in [1.165, 1.54) is 4.68 Å². The minimum atomic E-state index is -4.55. The summed E-state index contributed by atoms with van der Waals surface area (Å²) in [7, 11) is 0. The van der Waals surface area contributed by atoms with Crippen LogP contribution in [0.1, 0.15) is 24.3 Å². The van der Waals surface area contributed by atoms with Gasteiger partial charge in [0.05, 0.1) is 0 Å². The van der Waals surface area contributed by atoms with Gasteiger partial charge in [0, 0.05) is 12.6 Å². The van der Waals surface area contributed by atoms with Gasteiger partial charge in [-0.3, -0.25) is 0 Å². The van der Waals surface area contributed by atoms with Crippen LogP contribution < -0.4 is 5.32 Å². The first-order valence-corrected chi connectivity index (χ1v) is 5.92. The predicted octanol–water partition coefficient (Wildman–Crippen LogP) is 2.12. The number of halogens is 3. The zero-order valence-electron chi connectivity index (χ0n) is 11.2. The Morgan fingerprint density at radius 3 is 2.40 bits per heavy atom. The number of nitrogens with one attached hydrogen (secondary N) is 1. The molecule has 2 aromatic heterocycles. The van der Waals surface area contributed by atoms with Crippen LogP contribution in [0.5, 0.6) is 0 Å². The SMILES string of the molecule is CCNc1nc(-n2nc(C)nc2C)cc(C(F)(F)F)n1. The van der Waals surface area contributed by atoms with Crippen molar-refractivity contribution in [1.29, 1.82) is 0 Å². The summed E-state index contributed by atoms with van der Waals surface area (Å²) in [5, 5.41) is 6.70. The fraction of sp³-hybridized carbons (Fsp3) is 0.455. The molecule has 0 spiro atoms. The summed E-state index contributed by atoms with van der Waals surface area (Å²) < 4.78 is 39.8. The summed E-state index contributed by atoms with van der Waals surface area (Å²) in [4.78, 5) is 11.5. The highest BCUT2D eigenvalue weighted by molar-refractivity contribution is 5.36. The lowest BCUT2D eigenvalue weighted by Crippen LogP contribution is -2.15.